The Morgan fingerprint density at radius 2 is 1.66 bits per heavy atom. The van der Waals surface area contributed by atoms with Crippen molar-refractivity contribution in [3.05, 3.63) is 95.6 Å². The molecule has 0 saturated carbocycles. The van der Waals surface area contributed by atoms with E-state index in [1.54, 1.807) is 7.11 Å². The standard InChI is InChI=1S/C28H30N4O3/c1-35-22-11-7-10-21(18-22)28(20-8-3-2-4-9-20)23-12-5-6-13-24(23)30-27(34)26(31-28)32-16-14-19(15-17-32)25(29)33/h2-13,18-19,26,31H,14-17H2,1H3,(H2,29,33)(H,30,34). The largest absolute Gasteiger partial charge is 0.497 e. The highest BCUT2D eigenvalue weighted by Crippen LogP contribution is 2.43. The van der Waals surface area contributed by atoms with Crippen LogP contribution in [-0.2, 0) is 15.1 Å². The first-order valence-corrected chi connectivity index (χ1v) is 11.9. The number of primary amides is 1. The topological polar surface area (TPSA) is 96.7 Å². The number of methoxy groups -OCH3 is 1. The molecule has 2 aliphatic heterocycles. The summed E-state index contributed by atoms with van der Waals surface area (Å²) in [7, 11) is 1.65. The molecule has 4 N–H and O–H groups in total. The van der Waals surface area contributed by atoms with Crippen molar-refractivity contribution in [2.75, 3.05) is 25.5 Å². The number of carbonyl (C=O) groups excluding carboxylic acids is 2. The monoisotopic (exact) mass is 470 g/mol. The minimum absolute atomic E-state index is 0.129. The van der Waals surface area contributed by atoms with Gasteiger partial charge in [0.15, 0.2) is 0 Å². The molecule has 180 valence electrons. The molecular formula is C28H30N4O3. The van der Waals surface area contributed by atoms with Gasteiger partial charge in [0.1, 0.15) is 11.9 Å². The van der Waals surface area contributed by atoms with Crippen molar-refractivity contribution in [2.24, 2.45) is 11.7 Å². The van der Waals surface area contributed by atoms with Gasteiger partial charge in [-0.3, -0.25) is 19.8 Å². The summed E-state index contributed by atoms with van der Waals surface area (Å²) in [4.78, 5) is 27.5. The number of para-hydroxylation sites is 1. The van der Waals surface area contributed by atoms with E-state index in [9.17, 15) is 9.59 Å². The van der Waals surface area contributed by atoms with E-state index in [1.807, 2.05) is 54.6 Å². The molecule has 3 aromatic carbocycles. The van der Waals surface area contributed by atoms with E-state index in [1.165, 1.54) is 0 Å². The van der Waals surface area contributed by atoms with E-state index in [2.05, 4.69) is 39.8 Å². The number of nitrogens with one attached hydrogen (secondary N) is 2. The Hall–Kier alpha value is -3.68. The summed E-state index contributed by atoms with van der Waals surface area (Å²) in [6, 6.07) is 26.0. The van der Waals surface area contributed by atoms with Crippen molar-refractivity contribution in [2.45, 2.75) is 24.5 Å². The highest BCUT2D eigenvalue weighted by molar-refractivity contribution is 5.97. The summed E-state index contributed by atoms with van der Waals surface area (Å²) in [5.41, 5.74) is 8.40. The van der Waals surface area contributed by atoms with Crippen LogP contribution < -0.4 is 21.1 Å². The Morgan fingerprint density at radius 1 is 0.971 bits per heavy atom. The van der Waals surface area contributed by atoms with Crippen LogP contribution in [0, 0.1) is 5.92 Å². The molecule has 35 heavy (non-hydrogen) atoms. The lowest BCUT2D eigenvalue weighted by atomic mass is 9.76. The molecule has 1 saturated heterocycles. The number of piperidine rings is 1. The van der Waals surface area contributed by atoms with Crippen molar-refractivity contribution in [1.82, 2.24) is 10.2 Å². The maximum atomic E-state index is 13.6. The fraction of sp³-hybridized carbons (Fsp3) is 0.286. The smallest absolute Gasteiger partial charge is 0.256 e. The van der Waals surface area contributed by atoms with Gasteiger partial charge < -0.3 is 15.8 Å². The molecule has 1 fully saturated rings. The number of rotatable bonds is 5. The number of hydrogen-bond acceptors (Lipinski definition) is 5. The summed E-state index contributed by atoms with van der Waals surface area (Å²) < 4.78 is 5.58. The quantitative estimate of drug-likeness (QED) is 0.533. The van der Waals surface area contributed by atoms with E-state index >= 15 is 0 Å². The van der Waals surface area contributed by atoms with Gasteiger partial charge in [0.2, 0.25) is 5.91 Å². The first kappa shape index (κ1) is 23.1. The summed E-state index contributed by atoms with van der Waals surface area (Å²) in [5.74, 6) is 0.176. The van der Waals surface area contributed by atoms with Crippen LogP contribution in [0.3, 0.4) is 0 Å². The lowest BCUT2D eigenvalue weighted by Gasteiger charge is -2.42. The van der Waals surface area contributed by atoms with Gasteiger partial charge in [-0.1, -0.05) is 60.7 Å². The maximum absolute atomic E-state index is 13.6. The van der Waals surface area contributed by atoms with E-state index in [-0.39, 0.29) is 17.7 Å². The van der Waals surface area contributed by atoms with Crippen LogP contribution in [0.15, 0.2) is 78.9 Å². The molecule has 0 aromatic heterocycles. The van der Waals surface area contributed by atoms with Gasteiger partial charge in [0.05, 0.1) is 12.6 Å². The number of anilines is 1. The van der Waals surface area contributed by atoms with Crippen molar-refractivity contribution >= 4 is 17.5 Å². The number of carbonyl (C=O) groups is 2. The minimum Gasteiger partial charge on any atom is -0.497 e. The van der Waals surface area contributed by atoms with Gasteiger partial charge in [-0.2, -0.15) is 0 Å². The molecule has 0 bridgehead atoms. The second-order valence-electron chi connectivity index (χ2n) is 9.14. The predicted octanol–water partition coefficient (Wildman–Crippen LogP) is 3.05. The van der Waals surface area contributed by atoms with Gasteiger partial charge in [0, 0.05) is 30.3 Å². The molecule has 2 unspecified atom stereocenters. The van der Waals surface area contributed by atoms with Gasteiger partial charge in [0.25, 0.3) is 5.91 Å². The number of amides is 2. The van der Waals surface area contributed by atoms with Crippen molar-refractivity contribution in [3.8, 4) is 5.75 Å². The highest BCUT2D eigenvalue weighted by atomic mass is 16.5. The van der Waals surface area contributed by atoms with E-state index in [0.29, 0.717) is 25.9 Å². The summed E-state index contributed by atoms with van der Waals surface area (Å²) in [5, 5.41) is 6.94. The SMILES string of the molecule is COc1cccc(C2(c3ccccc3)NC(N3CCC(C(N)=O)CC3)C(=O)Nc3ccccc32)c1. The average Bonchev–Trinajstić information content (AvgIpc) is 3.04. The minimum atomic E-state index is -0.837. The molecule has 2 heterocycles. The van der Waals surface area contributed by atoms with Crippen LogP contribution in [0.4, 0.5) is 5.69 Å². The Morgan fingerprint density at radius 3 is 2.37 bits per heavy atom. The number of fused-ring (bicyclic) bond motifs is 1. The molecule has 2 aliphatic rings. The predicted molar refractivity (Wildman–Crippen MR) is 135 cm³/mol. The van der Waals surface area contributed by atoms with Crippen molar-refractivity contribution in [1.29, 1.82) is 0 Å². The fourth-order valence-corrected chi connectivity index (χ4v) is 5.36. The molecule has 0 radical (unpaired) electrons. The fourth-order valence-electron chi connectivity index (χ4n) is 5.36. The van der Waals surface area contributed by atoms with E-state index in [0.717, 1.165) is 28.1 Å². The zero-order valence-corrected chi connectivity index (χ0v) is 19.7. The number of benzene rings is 3. The Bertz CT molecular complexity index is 1220. The van der Waals surface area contributed by atoms with E-state index < -0.39 is 11.7 Å². The number of likely N-dealkylation sites (tertiary alicyclic amines) is 1. The lowest BCUT2D eigenvalue weighted by molar-refractivity contribution is -0.125. The molecule has 2 atom stereocenters. The highest BCUT2D eigenvalue weighted by Gasteiger charge is 2.46. The average molecular weight is 471 g/mol. The van der Waals surface area contributed by atoms with Gasteiger partial charge >= 0.3 is 0 Å². The second-order valence-corrected chi connectivity index (χ2v) is 9.14. The molecular weight excluding hydrogens is 440 g/mol. The van der Waals surface area contributed by atoms with E-state index in [4.69, 9.17) is 10.5 Å². The summed E-state index contributed by atoms with van der Waals surface area (Å²) in [6.45, 7) is 1.19. The van der Waals surface area contributed by atoms with Crippen LogP contribution in [-0.4, -0.2) is 43.1 Å². The van der Waals surface area contributed by atoms with Gasteiger partial charge in [-0.05, 0) is 42.2 Å². The summed E-state index contributed by atoms with van der Waals surface area (Å²) in [6.07, 6.45) is 0.638. The second kappa shape index (κ2) is 9.52. The van der Waals surface area contributed by atoms with Crippen LogP contribution in [0.2, 0.25) is 0 Å². The normalized spacial score (nSPS) is 23.1. The Kier molecular flexibility index (Phi) is 6.28. The first-order chi connectivity index (χ1) is 17.0. The van der Waals surface area contributed by atoms with Crippen LogP contribution >= 0.6 is 0 Å². The molecule has 0 aliphatic carbocycles. The maximum Gasteiger partial charge on any atom is 0.256 e. The lowest BCUT2D eigenvalue weighted by Crippen LogP contribution is -2.60. The van der Waals surface area contributed by atoms with Gasteiger partial charge in [-0.25, -0.2) is 0 Å². The Balaban J connectivity index is 1.68. The molecule has 7 heteroatoms. The summed E-state index contributed by atoms with van der Waals surface area (Å²) >= 11 is 0. The third kappa shape index (κ3) is 4.17. The van der Waals surface area contributed by atoms with Crippen molar-refractivity contribution in [3.63, 3.8) is 0 Å². The van der Waals surface area contributed by atoms with Gasteiger partial charge in [-0.15, -0.1) is 0 Å². The third-order valence-electron chi connectivity index (χ3n) is 7.20. The zero-order valence-electron chi connectivity index (χ0n) is 19.7. The Labute approximate surface area is 205 Å². The molecule has 3 aromatic rings. The number of nitrogens with two attached hydrogens (primary N) is 1. The van der Waals surface area contributed by atoms with Crippen LogP contribution in [0.25, 0.3) is 0 Å². The van der Waals surface area contributed by atoms with Crippen molar-refractivity contribution < 1.29 is 14.3 Å². The first-order valence-electron chi connectivity index (χ1n) is 11.9. The number of nitrogens with zero attached hydrogens (tertiary/aromatic N) is 1. The zero-order chi connectivity index (χ0) is 24.4. The number of ether oxygens (including phenoxy) is 1. The van der Waals surface area contributed by atoms with Crippen LogP contribution in [0.1, 0.15) is 29.5 Å². The van der Waals surface area contributed by atoms with Crippen LogP contribution in [0.5, 0.6) is 5.75 Å². The molecule has 5 rings (SSSR count). The third-order valence-corrected chi connectivity index (χ3v) is 7.20. The number of hydrogen-bond donors (Lipinski definition) is 3. The molecule has 7 nitrogen and oxygen atoms in total. The molecule has 2 amide bonds. The molecule has 0 spiro atoms.